The van der Waals surface area contributed by atoms with Crippen LogP contribution in [0, 0.1) is 5.92 Å². The SMILES string of the molecule is CCC/C=C\CC(C(=O)O)C(c1c[nH]c2ccccc12)N(CCCN(C)CCCC)C(C)=O. The van der Waals surface area contributed by atoms with Gasteiger partial charge in [0.25, 0.3) is 0 Å². The summed E-state index contributed by atoms with van der Waals surface area (Å²) in [4.78, 5) is 32.7. The molecule has 2 unspecified atom stereocenters. The molecular formula is C27H41N3O3. The summed E-state index contributed by atoms with van der Waals surface area (Å²) in [5, 5.41) is 11.2. The molecule has 0 aliphatic rings. The standard InChI is InChI=1S/C27H41N3O3/c1-5-7-9-10-15-23(27(32)33)26(24-20-28-25-16-12-11-14-22(24)25)30(21(3)31)19-13-18-29(4)17-8-6-2/h9-12,14,16,20,23,26,28H,5-8,13,15,17-19H2,1-4H3,(H,32,33)/b10-9-. The van der Waals surface area contributed by atoms with Gasteiger partial charge in [-0.15, -0.1) is 0 Å². The minimum atomic E-state index is -0.877. The van der Waals surface area contributed by atoms with Crippen LogP contribution in [0.5, 0.6) is 0 Å². The number of allylic oxidation sites excluding steroid dienone is 2. The number of hydrogen-bond acceptors (Lipinski definition) is 3. The molecule has 0 bridgehead atoms. The Hall–Kier alpha value is -2.60. The number of carbonyl (C=O) groups is 2. The van der Waals surface area contributed by atoms with Gasteiger partial charge in [0.2, 0.25) is 5.91 Å². The van der Waals surface area contributed by atoms with Gasteiger partial charge in [0.15, 0.2) is 0 Å². The van der Waals surface area contributed by atoms with E-state index in [1.54, 1.807) is 11.8 Å². The molecule has 2 rings (SSSR count). The molecule has 0 radical (unpaired) electrons. The van der Waals surface area contributed by atoms with Crippen LogP contribution in [0.3, 0.4) is 0 Å². The van der Waals surface area contributed by atoms with Gasteiger partial charge < -0.3 is 19.9 Å². The molecule has 182 valence electrons. The molecular weight excluding hydrogens is 414 g/mol. The Kier molecular flexibility index (Phi) is 11.2. The summed E-state index contributed by atoms with van der Waals surface area (Å²) in [7, 11) is 2.10. The Bertz CT molecular complexity index is 905. The highest BCUT2D eigenvalue weighted by Gasteiger charge is 2.36. The fourth-order valence-electron chi connectivity index (χ4n) is 4.38. The normalized spacial score (nSPS) is 13.6. The first-order valence-corrected chi connectivity index (χ1v) is 12.3. The third-order valence-electron chi connectivity index (χ3n) is 6.22. The maximum Gasteiger partial charge on any atom is 0.309 e. The number of carboxylic acids is 1. The number of aromatic amines is 1. The van der Waals surface area contributed by atoms with Crippen molar-refractivity contribution in [2.45, 2.75) is 65.3 Å². The van der Waals surface area contributed by atoms with E-state index >= 15 is 0 Å². The van der Waals surface area contributed by atoms with Crippen molar-refractivity contribution in [3.63, 3.8) is 0 Å². The van der Waals surface area contributed by atoms with E-state index in [1.165, 1.54) is 0 Å². The maximum atomic E-state index is 12.9. The third-order valence-corrected chi connectivity index (χ3v) is 6.22. The number of H-pyrrole nitrogens is 1. The number of unbranched alkanes of at least 4 members (excludes halogenated alkanes) is 2. The van der Waals surface area contributed by atoms with Crippen molar-refractivity contribution in [3.05, 3.63) is 48.2 Å². The van der Waals surface area contributed by atoms with E-state index in [0.717, 1.165) is 61.7 Å². The topological polar surface area (TPSA) is 76.6 Å². The number of para-hydroxylation sites is 1. The lowest BCUT2D eigenvalue weighted by Crippen LogP contribution is -2.41. The molecule has 2 atom stereocenters. The average Bonchev–Trinajstić information content (AvgIpc) is 3.21. The van der Waals surface area contributed by atoms with E-state index in [2.05, 4.69) is 30.8 Å². The van der Waals surface area contributed by atoms with Gasteiger partial charge >= 0.3 is 5.97 Å². The second-order valence-electron chi connectivity index (χ2n) is 8.90. The zero-order chi connectivity index (χ0) is 24.2. The number of rotatable bonds is 15. The molecule has 1 aromatic carbocycles. The Balaban J connectivity index is 2.37. The van der Waals surface area contributed by atoms with Gasteiger partial charge in [0.05, 0.1) is 12.0 Å². The first kappa shape index (κ1) is 26.7. The van der Waals surface area contributed by atoms with Crippen LogP contribution >= 0.6 is 0 Å². The Morgan fingerprint density at radius 2 is 1.79 bits per heavy atom. The van der Waals surface area contributed by atoms with E-state index in [4.69, 9.17) is 0 Å². The molecule has 6 heteroatoms. The highest BCUT2D eigenvalue weighted by molar-refractivity contribution is 5.86. The molecule has 0 aliphatic carbocycles. The maximum absolute atomic E-state index is 12.9. The molecule has 0 aliphatic heterocycles. The number of nitrogens with zero attached hydrogens (tertiary/aromatic N) is 2. The summed E-state index contributed by atoms with van der Waals surface area (Å²) in [6.45, 7) is 8.26. The third kappa shape index (κ3) is 7.74. The lowest BCUT2D eigenvalue weighted by molar-refractivity contribution is -0.146. The number of aliphatic carboxylic acids is 1. The lowest BCUT2D eigenvalue weighted by atomic mass is 9.88. The van der Waals surface area contributed by atoms with Gasteiger partial charge in [-0.3, -0.25) is 9.59 Å². The number of fused-ring (bicyclic) bond motifs is 1. The van der Waals surface area contributed by atoms with E-state index < -0.39 is 17.9 Å². The quantitative estimate of drug-likeness (QED) is 0.341. The molecule has 6 nitrogen and oxygen atoms in total. The summed E-state index contributed by atoms with van der Waals surface area (Å²) in [6.07, 6.45) is 11.3. The second kappa shape index (κ2) is 13.8. The van der Waals surface area contributed by atoms with Crippen LogP contribution in [0.25, 0.3) is 10.9 Å². The van der Waals surface area contributed by atoms with Gasteiger partial charge in [0.1, 0.15) is 0 Å². The zero-order valence-corrected chi connectivity index (χ0v) is 20.7. The molecule has 33 heavy (non-hydrogen) atoms. The molecule has 2 aromatic rings. The highest BCUT2D eigenvalue weighted by atomic mass is 16.4. The Morgan fingerprint density at radius 1 is 1.06 bits per heavy atom. The van der Waals surface area contributed by atoms with Crippen molar-refractivity contribution in [2.75, 3.05) is 26.7 Å². The van der Waals surface area contributed by atoms with Gasteiger partial charge in [-0.25, -0.2) is 0 Å². The monoisotopic (exact) mass is 455 g/mol. The number of carbonyl (C=O) groups excluding carboxylic acids is 1. The van der Waals surface area contributed by atoms with Crippen molar-refractivity contribution in [3.8, 4) is 0 Å². The number of amides is 1. The molecule has 1 amide bonds. The minimum Gasteiger partial charge on any atom is -0.481 e. The van der Waals surface area contributed by atoms with Crippen LogP contribution in [0.2, 0.25) is 0 Å². The predicted molar refractivity (Wildman–Crippen MR) is 135 cm³/mol. The number of aromatic nitrogens is 1. The Morgan fingerprint density at radius 3 is 2.45 bits per heavy atom. The largest absolute Gasteiger partial charge is 0.481 e. The number of carboxylic acid groups (broad SMARTS) is 1. The van der Waals surface area contributed by atoms with Crippen molar-refractivity contribution in [2.24, 2.45) is 5.92 Å². The molecule has 0 spiro atoms. The van der Waals surface area contributed by atoms with Crippen LogP contribution in [-0.4, -0.2) is 58.4 Å². The van der Waals surface area contributed by atoms with Crippen molar-refractivity contribution in [1.82, 2.24) is 14.8 Å². The summed E-state index contributed by atoms with van der Waals surface area (Å²) in [6, 6.07) is 7.34. The van der Waals surface area contributed by atoms with Gasteiger partial charge in [-0.1, -0.05) is 57.0 Å². The summed E-state index contributed by atoms with van der Waals surface area (Å²) in [5.74, 6) is -1.69. The number of nitrogens with one attached hydrogen (secondary N) is 1. The molecule has 0 fully saturated rings. The van der Waals surface area contributed by atoms with Crippen LogP contribution in [0.1, 0.15) is 70.9 Å². The van der Waals surface area contributed by atoms with E-state index in [1.807, 2.05) is 42.6 Å². The number of hydrogen-bond donors (Lipinski definition) is 2. The summed E-state index contributed by atoms with van der Waals surface area (Å²) in [5.41, 5.74) is 1.82. The summed E-state index contributed by atoms with van der Waals surface area (Å²) >= 11 is 0. The van der Waals surface area contributed by atoms with Crippen molar-refractivity contribution < 1.29 is 14.7 Å². The van der Waals surface area contributed by atoms with Crippen LogP contribution in [0.4, 0.5) is 0 Å². The lowest BCUT2D eigenvalue weighted by Gasteiger charge is -2.35. The second-order valence-corrected chi connectivity index (χ2v) is 8.90. The van der Waals surface area contributed by atoms with E-state index in [9.17, 15) is 14.7 Å². The van der Waals surface area contributed by atoms with Crippen molar-refractivity contribution >= 4 is 22.8 Å². The highest BCUT2D eigenvalue weighted by Crippen LogP contribution is 2.36. The van der Waals surface area contributed by atoms with Gasteiger partial charge in [-0.05, 0) is 51.9 Å². The molecule has 0 saturated heterocycles. The molecule has 1 heterocycles. The zero-order valence-electron chi connectivity index (χ0n) is 20.7. The average molecular weight is 456 g/mol. The minimum absolute atomic E-state index is 0.0923. The van der Waals surface area contributed by atoms with Gasteiger partial charge in [-0.2, -0.15) is 0 Å². The number of benzene rings is 1. The van der Waals surface area contributed by atoms with Crippen molar-refractivity contribution in [1.29, 1.82) is 0 Å². The van der Waals surface area contributed by atoms with E-state index in [0.29, 0.717) is 13.0 Å². The fraction of sp³-hybridized carbons (Fsp3) is 0.556. The predicted octanol–water partition coefficient (Wildman–Crippen LogP) is 5.63. The van der Waals surface area contributed by atoms with Crippen LogP contribution in [0.15, 0.2) is 42.6 Å². The molecule has 2 N–H and O–H groups in total. The van der Waals surface area contributed by atoms with Gasteiger partial charge in [0, 0.05) is 36.1 Å². The molecule has 1 aromatic heterocycles. The first-order chi connectivity index (χ1) is 15.9. The first-order valence-electron chi connectivity index (χ1n) is 12.3. The smallest absolute Gasteiger partial charge is 0.309 e. The fourth-order valence-corrected chi connectivity index (χ4v) is 4.38. The Labute approximate surface area is 198 Å². The van der Waals surface area contributed by atoms with Crippen LogP contribution < -0.4 is 0 Å². The molecule has 0 saturated carbocycles. The van der Waals surface area contributed by atoms with Crippen LogP contribution in [-0.2, 0) is 9.59 Å². The summed E-state index contributed by atoms with van der Waals surface area (Å²) < 4.78 is 0. The van der Waals surface area contributed by atoms with E-state index in [-0.39, 0.29) is 5.91 Å².